The fraction of sp³-hybridized carbons (Fsp3) is 0.0625. The monoisotopic (exact) mass is 280 g/mol. The molecule has 1 heterocycles. The first kappa shape index (κ1) is 13.1. The highest BCUT2D eigenvalue weighted by atomic mass is 16.2. The van der Waals surface area contributed by atoms with Crippen LogP contribution in [0.15, 0.2) is 69.0 Å². The van der Waals surface area contributed by atoms with Gasteiger partial charge in [0.15, 0.2) is 0 Å². The van der Waals surface area contributed by atoms with E-state index in [1.165, 1.54) is 4.57 Å². The fourth-order valence-electron chi connectivity index (χ4n) is 2.28. The van der Waals surface area contributed by atoms with Crippen molar-refractivity contribution in [2.75, 3.05) is 0 Å². The molecule has 0 bridgehead atoms. The fourth-order valence-corrected chi connectivity index (χ4v) is 2.28. The third-order valence-corrected chi connectivity index (χ3v) is 3.29. The minimum Gasteiger partial charge on any atom is -0.299 e. The summed E-state index contributed by atoms with van der Waals surface area (Å²) in [5.74, 6) is 0. The average molecular weight is 280 g/mol. The quantitative estimate of drug-likeness (QED) is 0.714. The minimum atomic E-state index is -0.910. The van der Waals surface area contributed by atoms with E-state index >= 15 is 0 Å². The third-order valence-electron chi connectivity index (χ3n) is 3.29. The second-order valence-corrected chi connectivity index (χ2v) is 4.68. The van der Waals surface area contributed by atoms with Crippen LogP contribution >= 0.6 is 0 Å². The number of hydrogen-bond acceptors (Lipinski definition) is 3. The zero-order valence-corrected chi connectivity index (χ0v) is 11.1. The molecule has 5 nitrogen and oxygen atoms in total. The van der Waals surface area contributed by atoms with Crippen molar-refractivity contribution in [1.29, 1.82) is 0 Å². The van der Waals surface area contributed by atoms with Gasteiger partial charge in [-0.3, -0.25) is 23.9 Å². The number of aromatic nitrogens is 2. The molecule has 3 aromatic rings. The molecular weight excluding hydrogens is 268 g/mol. The van der Waals surface area contributed by atoms with Crippen LogP contribution in [0.1, 0.15) is 5.56 Å². The summed E-state index contributed by atoms with van der Waals surface area (Å²) >= 11 is 0. The molecular formula is C16H12N2O3. The Morgan fingerprint density at radius 1 is 0.810 bits per heavy atom. The number of hydrogen-bond donors (Lipinski definition) is 1. The highest BCUT2D eigenvalue weighted by molar-refractivity contribution is 5.77. The molecule has 0 atom stereocenters. The van der Waals surface area contributed by atoms with Crippen LogP contribution in [0.25, 0.3) is 10.9 Å². The van der Waals surface area contributed by atoms with Gasteiger partial charge in [0.1, 0.15) is 0 Å². The number of para-hydroxylation sites is 1. The zero-order valence-electron chi connectivity index (χ0n) is 11.1. The second kappa shape index (κ2) is 5.20. The van der Waals surface area contributed by atoms with Gasteiger partial charge in [0.2, 0.25) is 0 Å². The predicted octanol–water partition coefficient (Wildman–Crippen LogP) is 1.10. The Bertz CT molecular complexity index is 972. The minimum absolute atomic E-state index is 0.234. The maximum absolute atomic E-state index is 12.2. The Labute approximate surface area is 119 Å². The van der Waals surface area contributed by atoms with Crippen LogP contribution in [0.3, 0.4) is 0 Å². The van der Waals surface area contributed by atoms with Crippen LogP contribution in [0.2, 0.25) is 0 Å². The number of nitrogens with zero attached hydrogens (tertiary/aromatic N) is 1. The van der Waals surface area contributed by atoms with Gasteiger partial charge in [-0.05, 0) is 17.7 Å². The summed E-state index contributed by atoms with van der Waals surface area (Å²) in [5, 5.41) is 0.313. The van der Waals surface area contributed by atoms with Crippen molar-refractivity contribution in [3.63, 3.8) is 0 Å². The normalized spacial score (nSPS) is 10.7. The van der Waals surface area contributed by atoms with E-state index in [-0.39, 0.29) is 6.54 Å². The maximum Gasteiger partial charge on any atom is 0.317 e. The Kier molecular flexibility index (Phi) is 3.23. The summed E-state index contributed by atoms with van der Waals surface area (Å²) in [6.07, 6.45) is 0. The van der Waals surface area contributed by atoms with Crippen LogP contribution in [0.4, 0.5) is 0 Å². The van der Waals surface area contributed by atoms with E-state index in [4.69, 9.17) is 0 Å². The van der Waals surface area contributed by atoms with Crippen molar-refractivity contribution in [2.45, 2.75) is 6.54 Å². The number of aromatic amines is 1. The SMILES string of the molecule is O=c1[nH]c(=O)c2ccccc2n(Cc2ccccc2)c1=O. The van der Waals surface area contributed by atoms with Crippen molar-refractivity contribution in [1.82, 2.24) is 9.55 Å². The van der Waals surface area contributed by atoms with Crippen LogP contribution in [0.5, 0.6) is 0 Å². The summed E-state index contributed by atoms with van der Waals surface area (Å²) in [6, 6.07) is 16.0. The highest BCUT2D eigenvalue weighted by Gasteiger charge is 2.08. The van der Waals surface area contributed by atoms with Gasteiger partial charge in [-0.2, -0.15) is 0 Å². The lowest BCUT2D eigenvalue weighted by Crippen LogP contribution is -2.34. The van der Waals surface area contributed by atoms with Crippen molar-refractivity contribution in [3.05, 3.63) is 91.2 Å². The third kappa shape index (κ3) is 2.41. The van der Waals surface area contributed by atoms with Gasteiger partial charge in [-0.1, -0.05) is 42.5 Å². The molecule has 0 spiro atoms. The molecule has 21 heavy (non-hydrogen) atoms. The molecule has 1 aromatic heterocycles. The van der Waals surface area contributed by atoms with Gasteiger partial charge in [0.25, 0.3) is 5.56 Å². The summed E-state index contributed by atoms with van der Waals surface area (Å²) in [6.45, 7) is 0.234. The molecule has 104 valence electrons. The lowest BCUT2D eigenvalue weighted by molar-refractivity contribution is 0.787. The van der Waals surface area contributed by atoms with Crippen LogP contribution in [-0.4, -0.2) is 9.55 Å². The van der Waals surface area contributed by atoms with Crippen molar-refractivity contribution in [2.24, 2.45) is 0 Å². The summed E-state index contributed by atoms with van der Waals surface area (Å²) in [4.78, 5) is 38.0. The average Bonchev–Trinajstić information content (AvgIpc) is 2.60. The van der Waals surface area contributed by atoms with E-state index in [9.17, 15) is 14.4 Å². The molecule has 0 aliphatic carbocycles. The first-order chi connectivity index (χ1) is 10.2. The molecule has 0 fully saturated rings. The lowest BCUT2D eigenvalue weighted by Gasteiger charge is -2.06. The smallest absolute Gasteiger partial charge is 0.299 e. The second-order valence-electron chi connectivity index (χ2n) is 4.68. The van der Waals surface area contributed by atoms with Gasteiger partial charge < -0.3 is 0 Å². The van der Waals surface area contributed by atoms with Crippen LogP contribution < -0.4 is 16.7 Å². The van der Waals surface area contributed by atoms with E-state index < -0.39 is 16.7 Å². The molecule has 0 amide bonds. The molecule has 2 aromatic carbocycles. The molecule has 0 aliphatic heterocycles. The lowest BCUT2D eigenvalue weighted by atomic mass is 10.2. The van der Waals surface area contributed by atoms with Gasteiger partial charge in [-0.25, -0.2) is 0 Å². The molecule has 5 heteroatoms. The van der Waals surface area contributed by atoms with Gasteiger partial charge in [0.05, 0.1) is 17.4 Å². The molecule has 1 N–H and O–H groups in total. The molecule has 0 unspecified atom stereocenters. The Balaban J connectivity index is 2.39. The number of rotatable bonds is 2. The standard InChI is InChI=1S/C16H12N2O3/c19-14-12-8-4-5-9-13(12)18(16(21)15(20)17-14)10-11-6-2-1-3-7-11/h1-9H,10H2,(H,17,19,20). The number of H-pyrrole nitrogens is 1. The Hall–Kier alpha value is -2.95. The summed E-state index contributed by atoms with van der Waals surface area (Å²) in [7, 11) is 0. The maximum atomic E-state index is 12.2. The zero-order chi connectivity index (χ0) is 14.8. The Morgan fingerprint density at radius 3 is 2.24 bits per heavy atom. The summed E-state index contributed by atoms with van der Waals surface area (Å²) < 4.78 is 1.32. The predicted molar refractivity (Wildman–Crippen MR) is 80.6 cm³/mol. The van der Waals surface area contributed by atoms with Crippen molar-refractivity contribution >= 4 is 10.9 Å². The van der Waals surface area contributed by atoms with Crippen LogP contribution in [-0.2, 0) is 6.54 Å². The number of benzene rings is 2. The molecule has 3 rings (SSSR count). The molecule has 0 saturated carbocycles. The number of nitrogens with one attached hydrogen (secondary N) is 1. The van der Waals surface area contributed by atoms with E-state index in [1.807, 2.05) is 30.3 Å². The van der Waals surface area contributed by atoms with Crippen LogP contribution in [0, 0.1) is 0 Å². The van der Waals surface area contributed by atoms with E-state index in [1.54, 1.807) is 24.3 Å². The number of fused-ring (bicyclic) bond motifs is 1. The van der Waals surface area contributed by atoms with E-state index in [0.717, 1.165) is 5.56 Å². The van der Waals surface area contributed by atoms with E-state index in [0.29, 0.717) is 10.9 Å². The highest BCUT2D eigenvalue weighted by Crippen LogP contribution is 2.08. The first-order valence-electron chi connectivity index (χ1n) is 6.47. The topological polar surface area (TPSA) is 71.9 Å². The first-order valence-corrected chi connectivity index (χ1v) is 6.47. The molecule has 0 aliphatic rings. The van der Waals surface area contributed by atoms with Crippen molar-refractivity contribution < 1.29 is 0 Å². The largest absolute Gasteiger partial charge is 0.317 e. The van der Waals surface area contributed by atoms with E-state index in [2.05, 4.69) is 4.98 Å². The summed E-state index contributed by atoms with van der Waals surface area (Å²) in [5.41, 5.74) is -0.888. The van der Waals surface area contributed by atoms with Gasteiger partial charge >= 0.3 is 11.1 Å². The van der Waals surface area contributed by atoms with Crippen molar-refractivity contribution in [3.8, 4) is 0 Å². The van der Waals surface area contributed by atoms with Gasteiger partial charge in [-0.15, -0.1) is 0 Å². The van der Waals surface area contributed by atoms with Gasteiger partial charge in [0, 0.05) is 0 Å². The molecule has 0 radical (unpaired) electrons. The Morgan fingerprint density at radius 2 is 1.48 bits per heavy atom. The molecule has 0 saturated heterocycles.